The predicted octanol–water partition coefficient (Wildman–Crippen LogP) is 1.40. The van der Waals surface area contributed by atoms with Crippen LogP contribution in [-0.2, 0) is 16.4 Å². The third-order valence-electron chi connectivity index (χ3n) is 2.47. The largest absolute Gasteiger partial charge is 0.357 e. The Kier molecular flexibility index (Phi) is 9.05. The molecular weight excluding hydrogens is 401 g/mol. The molecule has 116 valence electrons. The summed E-state index contributed by atoms with van der Waals surface area (Å²) in [4.78, 5) is 4.67. The van der Waals surface area contributed by atoms with Gasteiger partial charge in [0.25, 0.3) is 0 Å². The summed E-state index contributed by atoms with van der Waals surface area (Å²) >= 11 is 0. The molecule has 0 saturated heterocycles. The molecule has 0 saturated carbocycles. The lowest BCUT2D eigenvalue weighted by atomic mass is 10.2. The van der Waals surface area contributed by atoms with Crippen LogP contribution < -0.4 is 10.6 Å². The third-order valence-corrected chi connectivity index (χ3v) is 3.60. The molecule has 5 nitrogen and oxygen atoms in total. The van der Waals surface area contributed by atoms with Gasteiger partial charge in [-0.2, -0.15) is 0 Å². The van der Waals surface area contributed by atoms with Gasteiger partial charge < -0.3 is 10.6 Å². The first-order valence-electron chi connectivity index (χ1n) is 6.22. The summed E-state index contributed by atoms with van der Waals surface area (Å²) in [5, 5.41) is 6.05. The first-order chi connectivity index (χ1) is 9.47. The average Bonchev–Trinajstić information content (AvgIpc) is 2.41. The van der Waals surface area contributed by atoms with E-state index >= 15 is 0 Å². The maximum atomic E-state index is 11.3. The van der Waals surface area contributed by atoms with Crippen molar-refractivity contribution in [3.8, 4) is 12.3 Å². The van der Waals surface area contributed by atoms with E-state index in [4.69, 9.17) is 6.42 Å². The number of terminal acetylenes is 1. The molecule has 0 fully saturated rings. The number of hydrogen-bond donors (Lipinski definition) is 2. The highest BCUT2D eigenvalue weighted by Gasteiger charge is 2.05. The molecule has 0 bridgehead atoms. The number of guanidine groups is 1. The van der Waals surface area contributed by atoms with Crippen LogP contribution in [0.2, 0.25) is 0 Å². The van der Waals surface area contributed by atoms with Gasteiger partial charge >= 0.3 is 0 Å². The number of benzene rings is 1. The Morgan fingerprint density at radius 3 is 2.38 bits per heavy atom. The van der Waals surface area contributed by atoms with Crippen LogP contribution in [0.3, 0.4) is 0 Å². The van der Waals surface area contributed by atoms with Crippen LogP contribution in [0.5, 0.6) is 0 Å². The van der Waals surface area contributed by atoms with E-state index in [1.165, 1.54) is 6.26 Å². The quantitative estimate of drug-likeness (QED) is 0.327. The van der Waals surface area contributed by atoms with Crippen LogP contribution in [0.1, 0.15) is 12.5 Å². The summed E-state index contributed by atoms with van der Waals surface area (Å²) in [6.45, 7) is 3.56. The smallest absolute Gasteiger partial charge is 0.192 e. The highest BCUT2D eigenvalue weighted by Crippen LogP contribution is 2.10. The van der Waals surface area contributed by atoms with Gasteiger partial charge in [-0.1, -0.05) is 18.1 Å². The Morgan fingerprint density at radius 1 is 1.29 bits per heavy atom. The molecule has 7 heteroatoms. The molecule has 0 aromatic heterocycles. The first-order valence-corrected chi connectivity index (χ1v) is 8.11. The lowest BCUT2D eigenvalue weighted by molar-refractivity contribution is 0.602. The van der Waals surface area contributed by atoms with E-state index in [-0.39, 0.29) is 24.0 Å². The molecule has 0 atom stereocenters. The maximum Gasteiger partial charge on any atom is 0.192 e. The fraction of sp³-hybridized carbons (Fsp3) is 0.357. The van der Waals surface area contributed by atoms with E-state index in [1.807, 2.05) is 6.92 Å². The standard InChI is InChI=1S/C14H19N3O2S.HI/c1-4-10-16-14(15-5-2)17-11-12-6-8-13(9-7-12)20(3,18)19;/h1,6-9H,5,10-11H2,2-3H3,(H2,15,16,17);1H. The molecule has 1 aromatic carbocycles. The highest BCUT2D eigenvalue weighted by atomic mass is 127. The Hall–Kier alpha value is -1.27. The molecule has 0 aliphatic rings. The summed E-state index contributed by atoms with van der Waals surface area (Å²) < 4.78 is 22.7. The minimum absolute atomic E-state index is 0. The van der Waals surface area contributed by atoms with E-state index in [2.05, 4.69) is 21.5 Å². The zero-order valence-corrected chi connectivity index (χ0v) is 15.2. The van der Waals surface area contributed by atoms with Crippen LogP contribution in [-0.4, -0.2) is 33.7 Å². The van der Waals surface area contributed by atoms with Crippen LogP contribution in [0.4, 0.5) is 0 Å². The van der Waals surface area contributed by atoms with E-state index in [9.17, 15) is 8.42 Å². The monoisotopic (exact) mass is 421 g/mol. The van der Waals surface area contributed by atoms with Crippen molar-refractivity contribution < 1.29 is 8.42 Å². The lowest BCUT2D eigenvalue weighted by Gasteiger charge is -2.08. The van der Waals surface area contributed by atoms with Crippen LogP contribution >= 0.6 is 24.0 Å². The van der Waals surface area contributed by atoms with Gasteiger partial charge in [-0.15, -0.1) is 30.4 Å². The molecule has 0 aliphatic carbocycles. The van der Waals surface area contributed by atoms with Crippen LogP contribution in [0.15, 0.2) is 34.2 Å². The maximum absolute atomic E-state index is 11.3. The van der Waals surface area contributed by atoms with Crippen LogP contribution in [0, 0.1) is 12.3 Å². The molecule has 0 amide bonds. The summed E-state index contributed by atoms with van der Waals surface area (Å²) in [6, 6.07) is 6.68. The van der Waals surface area contributed by atoms with E-state index in [0.717, 1.165) is 12.1 Å². The first kappa shape index (κ1) is 19.7. The second-order valence-electron chi connectivity index (χ2n) is 4.17. The molecule has 0 aliphatic heterocycles. The number of sulfone groups is 1. The van der Waals surface area contributed by atoms with Gasteiger partial charge in [0, 0.05) is 12.8 Å². The Bertz CT molecular complexity index is 604. The average molecular weight is 421 g/mol. The summed E-state index contributed by atoms with van der Waals surface area (Å²) in [7, 11) is -3.15. The minimum Gasteiger partial charge on any atom is -0.357 e. The summed E-state index contributed by atoms with van der Waals surface area (Å²) in [6.07, 6.45) is 6.37. The number of aliphatic imine (C=N–C) groups is 1. The molecule has 2 N–H and O–H groups in total. The zero-order valence-electron chi connectivity index (χ0n) is 12.1. The molecular formula is C14H20IN3O2S. The zero-order chi connectivity index (χ0) is 15.0. The van der Waals surface area contributed by atoms with Crippen LogP contribution in [0.25, 0.3) is 0 Å². The lowest BCUT2D eigenvalue weighted by Crippen LogP contribution is -2.37. The Balaban J connectivity index is 0.00000400. The highest BCUT2D eigenvalue weighted by molar-refractivity contribution is 14.0. The van der Waals surface area contributed by atoms with Crippen molar-refractivity contribution in [1.82, 2.24) is 10.6 Å². The van der Waals surface area contributed by atoms with E-state index in [1.54, 1.807) is 24.3 Å². The number of halogens is 1. The summed E-state index contributed by atoms with van der Waals surface area (Å²) in [5.74, 6) is 3.12. The Labute approximate surface area is 143 Å². The molecule has 21 heavy (non-hydrogen) atoms. The van der Waals surface area contributed by atoms with Crippen molar-refractivity contribution in [2.45, 2.75) is 18.4 Å². The van der Waals surface area contributed by atoms with Crippen molar-refractivity contribution in [2.75, 3.05) is 19.3 Å². The molecule has 0 spiro atoms. The SMILES string of the molecule is C#CCNC(=NCc1ccc(S(C)(=O)=O)cc1)NCC.I. The van der Waals surface area contributed by atoms with Crippen molar-refractivity contribution in [3.63, 3.8) is 0 Å². The third kappa shape index (κ3) is 7.34. The van der Waals surface area contributed by atoms with Gasteiger partial charge in [-0.3, -0.25) is 0 Å². The topological polar surface area (TPSA) is 70.6 Å². The minimum atomic E-state index is -3.15. The molecule has 0 radical (unpaired) electrons. The predicted molar refractivity (Wildman–Crippen MR) is 96.6 cm³/mol. The number of hydrogen-bond acceptors (Lipinski definition) is 3. The van der Waals surface area contributed by atoms with Gasteiger partial charge in [0.15, 0.2) is 15.8 Å². The van der Waals surface area contributed by atoms with E-state index in [0.29, 0.717) is 23.9 Å². The van der Waals surface area contributed by atoms with Crippen molar-refractivity contribution in [1.29, 1.82) is 0 Å². The number of rotatable bonds is 5. The number of nitrogens with zero attached hydrogens (tertiary/aromatic N) is 1. The van der Waals surface area contributed by atoms with Crippen molar-refractivity contribution >= 4 is 39.8 Å². The van der Waals surface area contributed by atoms with Gasteiger partial charge in [0.2, 0.25) is 0 Å². The van der Waals surface area contributed by atoms with Crippen molar-refractivity contribution in [2.24, 2.45) is 4.99 Å². The molecule has 1 rings (SSSR count). The second kappa shape index (κ2) is 9.63. The molecule has 0 heterocycles. The van der Waals surface area contributed by atoms with E-state index < -0.39 is 9.84 Å². The van der Waals surface area contributed by atoms with Gasteiger partial charge in [-0.05, 0) is 24.6 Å². The molecule has 0 unspecified atom stereocenters. The van der Waals surface area contributed by atoms with Gasteiger partial charge in [-0.25, -0.2) is 13.4 Å². The second-order valence-corrected chi connectivity index (χ2v) is 6.18. The van der Waals surface area contributed by atoms with Gasteiger partial charge in [0.05, 0.1) is 18.0 Å². The molecule has 1 aromatic rings. The number of nitrogens with one attached hydrogen (secondary N) is 2. The summed E-state index contributed by atoms with van der Waals surface area (Å²) in [5.41, 5.74) is 0.926. The van der Waals surface area contributed by atoms with Crippen molar-refractivity contribution in [3.05, 3.63) is 29.8 Å². The fourth-order valence-corrected chi connectivity index (χ4v) is 2.12. The normalized spacial score (nSPS) is 11.2. The fourth-order valence-electron chi connectivity index (χ4n) is 1.49. The van der Waals surface area contributed by atoms with Gasteiger partial charge in [0.1, 0.15) is 0 Å². The Morgan fingerprint density at radius 2 is 1.90 bits per heavy atom.